The normalized spacial score (nSPS) is 10.5. The Labute approximate surface area is 101 Å². The summed E-state index contributed by atoms with van der Waals surface area (Å²) >= 11 is 9.23. The van der Waals surface area contributed by atoms with E-state index in [4.69, 9.17) is 16.7 Å². The number of anilines is 1. The first-order valence-corrected chi connectivity index (χ1v) is 5.35. The zero-order chi connectivity index (χ0) is 11.3. The van der Waals surface area contributed by atoms with E-state index in [0.717, 1.165) is 16.2 Å². The van der Waals surface area contributed by atoms with Crippen molar-refractivity contribution in [1.29, 1.82) is 0 Å². The SMILES string of the molecule is O=C(O)/C=C/CNc1ccc(Br)cc1Cl. The maximum absolute atomic E-state index is 10.2. The molecule has 0 aromatic heterocycles. The summed E-state index contributed by atoms with van der Waals surface area (Å²) in [5.74, 6) is -0.960. The number of carboxylic acids is 1. The van der Waals surface area contributed by atoms with E-state index in [-0.39, 0.29) is 0 Å². The van der Waals surface area contributed by atoms with Crippen molar-refractivity contribution in [2.45, 2.75) is 0 Å². The Kier molecular flexibility index (Phi) is 4.65. The first kappa shape index (κ1) is 12.1. The fraction of sp³-hybridized carbons (Fsp3) is 0.100. The lowest BCUT2D eigenvalue weighted by Gasteiger charge is -2.05. The van der Waals surface area contributed by atoms with Crippen molar-refractivity contribution in [1.82, 2.24) is 0 Å². The van der Waals surface area contributed by atoms with E-state index in [0.29, 0.717) is 11.6 Å². The van der Waals surface area contributed by atoms with Crippen molar-refractivity contribution >= 4 is 39.2 Å². The molecule has 0 bridgehead atoms. The van der Waals surface area contributed by atoms with Gasteiger partial charge in [-0.2, -0.15) is 0 Å². The molecule has 0 saturated carbocycles. The van der Waals surface area contributed by atoms with Gasteiger partial charge in [0.05, 0.1) is 10.7 Å². The number of hydrogen-bond acceptors (Lipinski definition) is 2. The summed E-state index contributed by atoms with van der Waals surface area (Å²) in [4.78, 5) is 10.2. The topological polar surface area (TPSA) is 49.3 Å². The highest BCUT2D eigenvalue weighted by Crippen LogP contribution is 2.25. The van der Waals surface area contributed by atoms with Crippen LogP contribution in [0.5, 0.6) is 0 Å². The average molecular weight is 291 g/mol. The van der Waals surface area contributed by atoms with Crippen LogP contribution in [0.1, 0.15) is 0 Å². The number of rotatable bonds is 4. The second-order valence-electron chi connectivity index (χ2n) is 2.75. The Hall–Kier alpha value is -1.000. The quantitative estimate of drug-likeness (QED) is 0.838. The van der Waals surface area contributed by atoms with E-state index in [2.05, 4.69) is 21.2 Å². The van der Waals surface area contributed by atoms with Crippen molar-refractivity contribution in [2.24, 2.45) is 0 Å². The zero-order valence-electron chi connectivity index (χ0n) is 7.71. The monoisotopic (exact) mass is 289 g/mol. The molecular weight excluding hydrogens is 281 g/mol. The molecule has 5 heteroatoms. The van der Waals surface area contributed by atoms with Gasteiger partial charge in [-0.3, -0.25) is 0 Å². The summed E-state index contributed by atoms with van der Waals surface area (Å²) in [6.45, 7) is 0.424. The number of carbonyl (C=O) groups is 1. The van der Waals surface area contributed by atoms with Crippen LogP contribution in [0.3, 0.4) is 0 Å². The van der Waals surface area contributed by atoms with E-state index < -0.39 is 5.97 Å². The lowest BCUT2D eigenvalue weighted by molar-refractivity contribution is -0.131. The minimum atomic E-state index is -0.960. The molecule has 0 saturated heterocycles. The molecule has 1 rings (SSSR count). The number of aliphatic carboxylic acids is 1. The van der Waals surface area contributed by atoms with Gasteiger partial charge in [0.1, 0.15) is 0 Å². The largest absolute Gasteiger partial charge is 0.478 e. The van der Waals surface area contributed by atoms with E-state index in [9.17, 15) is 4.79 Å². The smallest absolute Gasteiger partial charge is 0.328 e. The second kappa shape index (κ2) is 5.78. The first-order valence-electron chi connectivity index (χ1n) is 4.18. The number of halogens is 2. The van der Waals surface area contributed by atoms with E-state index in [1.165, 1.54) is 6.08 Å². The van der Waals surface area contributed by atoms with Crippen LogP contribution in [0.2, 0.25) is 5.02 Å². The predicted octanol–water partition coefficient (Wildman–Crippen LogP) is 3.16. The highest BCUT2D eigenvalue weighted by atomic mass is 79.9. The summed E-state index contributed by atoms with van der Waals surface area (Å²) < 4.78 is 0.902. The summed E-state index contributed by atoms with van der Waals surface area (Å²) in [6, 6.07) is 5.45. The maximum Gasteiger partial charge on any atom is 0.328 e. The molecule has 80 valence electrons. The molecule has 0 amide bonds. The molecule has 0 unspecified atom stereocenters. The summed E-state index contributed by atoms with van der Waals surface area (Å²) in [5.41, 5.74) is 0.773. The van der Waals surface area contributed by atoms with Gasteiger partial charge >= 0.3 is 5.97 Å². The number of benzene rings is 1. The molecule has 2 N–H and O–H groups in total. The van der Waals surface area contributed by atoms with Gasteiger partial charge in [-0.1, -0.05) is 33.6 Å². The standard InChI is InChI=1S/C10H9BrClNO2/c11-7-3-4-9(8(12)6-7)13-5-1-2-10(14)15/h1-4,6,13H,5H2,(H,14,15)/b2-1+. The van der Waals surface area contributed by atoms with Crippen LogP contribution in [-0.2, 0) is 4.79 Å². The molecule has 1 aromatic rings. The lowest BCUT2D eigenvalue weighted by atomic mass is 10.3. The Morgan fingerprint density at radius 3 is 2.93 bits per heavy atom. The molecule has 0 aliphatic carbocycles. The lowest BCUT2D eigenvalue weighted by Crippen LogP contribution is -1.99. The average Bonchev–Trinajstić information content (AvgIpc) is 2.14. The van der Waals surface area contributed by atoms with Crippen molar-refractivity contribution in [3.05, 3.63) is 39.8 Å². The van der Waals surface area contributed by atoms with Gasteiger partial charge in [-0.25, -0.2) is 4.79 Å². The molecule has 1 aromatic carbocycles. The van der Waals surface area contributed by atoms with Gasteiger partial charge in [0.25, 0.3) is 0 Å². The van der Waals surface area contributed by atoms with Crippen LogP contribution in [0.4, 0.5) is 5.69 Å². The summed E-state index contributed by atoms with van der Waals surface area (Å²) in [7, 11) is 0. The molecule has 0 aliphatic rings. The van der Waals surface area contributed by atoms with E-state index in [1.807, 2.05) is 12.1 Å². The fourth-order valence-corrected chi connectivity index (χ4v) is 1.70. The van der Waals surface area contributed by atoms with Crippen LogP contribution in [0.25, 0.3) is 0 Å². The number of hydrogen-bond donors (Lipinski definition) is 2. The maximum atomic E-state index is 10.2. The van der Waals surface area contributed by atoms with E-state index in [1.54, 1.807) is 6.07 Å². The van der Waals surface area contributed by atoms with Crippen LogP contribution in [0.15, 0.2) is 34.8 Å². The second-order valence-corrected chi connectivity index (χ2v) is 4.07. The van der Waals surface area contributed by atoms with Crippen LogP contribution in [-0.4, -0.2) is 17.6 Å². The van der Waals surface area contributed by atoms with Gasteiger partial charge in [0, 0.05) is 17.1 Å². The van der Waals surface area contributed by atoms with E-state index >= 15 is 0 Å². The van der Waals surface area contributed by atoms with Crippen LogP contribution >= 0.6 is 27.5 Å². The molecule has 0 aliphatic heterocycles. The minimum absolute atomic E-state index is 0.424. The highest BCUT2D eigenvalue weighted by Gasteiger charge is 1.98. The Balaban J connectivity index is 2.54. The molecule has 3 nitrogen and oxygen atoms in total. The third kappa shape index (κ3) is 4.36. The zero-order valence-corrected chi connectivity index (χ0v) is 10.0. The Morgan fingerprint density at radius 1 is 1.60 bits per heavy atom. The van der Waals surface area contributed by atoms with Crippen molar-refractivity contribution in [3.63, 3.8) is 0 Å². The molecule has 0 heterocycles. The first-order chi connectivity index (χ1) is 7.09. The van der Waals surface area contributed by atoms with Gasteiger partial charge in [-0.05, 0) is 18.2 Å². The van der Waals surface area contributed by atoms with Crippen LogP contribution in [0, 0.1) is 0 Å². The van der Waals surface area contributed by atoms with Gasteiger partial charge in [-0.15, -0.1) is 0 Å². The molecule has 0 spiro atoms. The Morgan fingerprint density at radius 2 is 2.33 bits per heavy atom. The van der Waals surface area contributed by atoms with Gasteiger partial charge in [0.15, 0.2) is 0 Å². The summed E-state index contributed by atoms with van der Waals surface area (Å²) in [6.07, 6.45) is 2.60. The Bertz CT molecular complexity index is 393. The molecule has 15 heavy (non-hydrogen) atoms. The third-order valence-electron chi connectivity index (χ3n) is 1.60. The van der Waals surface area contributed by atoms with Crippen molar-refractivity contribution < 1.29 is 9.90 Å². The number of carboxylic acid groups (broad SMARTS) is 1. The highest BCUT2D eigenvalue weighted by molar-refractivity contribution is 9.10. The van der Waals surface area contributed by atoms with Crippen molar-refractivity contribution in [2.75, 3.05) is 11.9 Å². The molecule has 0 fully saturated rings. The predicted molar refractivity (Wildman–Crippen MR) is 64.4 cm³/mol. The van der Waals surface area contributed by atoms with Gasteiger partial charge in [0.2, 0.25) is 0 Å². The number of nitrogens with one attached hydrogen (secondary N) is 1. The fourth-order valence-electron chi connectivity index (χ4n) is 0.961. The molecular formula is C10H9BrClNO2. The van der Waals surface area contributed by atoms with Crippen molar-refractivity contribution in [3.8, 4) is 0 Å². The van der Waals surface area contributed by atoms with Gasteiger partial charge < -0.3 is 10.4 Å². The molecule has 0 radical (unpaired) electrons. The van der Waals surface area contributed by atoms with Crippen LogP contribution < -0.4 is 5.32 Å². The summed E-state index contributed by atoms with van der Waals surface area (Å²) in [5, 5.41) is 11.9. The molecule has 0 atom stereocenters. The third-order valence-corrected chi connectivity index (χ3v) is 2.41. The minimum Gasteiger partial charge on any atom is -0.478 e.